The van der Waals surface area contributed by atoms with Crippen LogP contribution in [0.5, 0.6) is 0 Å². The van der Waals surface area contributed by atoms with Gasteiger partial charge in [-0.15, -0.1) is 5.11 Å². The van der Waals surface area contributed by atoms with Gasteiger partial charge in [-0.2, -0.15) is 8.42 Å². The van der Waals surface area contributed by atoms with Crippen LogP contribution in [0.15, 0.2) is 62.5 Å². The SMILES string of the molecule is CC(N=NS(=O)(=O)c1c(C)cc(C)cc1C)=C1C=CC=CN1O. The molecular formula is C16H19N3O3S. The van der Waals surface area contributed by atoms with E-state index in [1.165, 1.54) is 6.20 Å². The summed E-state index contributed by atoms with van der Waals surface area (Å²) in [5.41, 5.74) is 2.92. The Hall–Kier alpha value is -2.25. The molecule has 0 aliphatic carbocycles. The minimum Gasteiger partial charge on any atom is -0.284 e. The highest BCUT2D eigenvalue weighted by molar-refractivity contribution is 7.90. The van der Waals surface area contributed by atoms with Gasteiger partial charge in [0.25, 0.3) is 10.0 Å². The van der Waals surface area contributed by atoms with Crippen molar-refractivity contribution in [1.82, 2.24) is 5.06 Å². The van der Waals surface area contributed by atoms with Crippen molar-refractivity contribution in [2.45, 2.75) is 32.6 Å². The molecule has 1 N–H and O–H groups in total. The third-order valence-corrected chi connectivity index (χ3v) is 4.83. The molecule has 6 nitrogen and oxygen atoms in total. The van der Waals surface area contributed by atoms with E-state index in [2.05, 4.69) is 9.63 Å². The average molecular weight is 333 g/mol. The summed E-state index contributed by atoms with van der Waals surface area (Å²) in [6, 6.07) is 3.59. The van der Waals surface area contributed by atoms with Crippen molar-refractivity contribution in [2.24, 2.45) is 9.63 Å². The summed E-state index contributed by atoms with van der Waals surface area (Å²) in [5.74, 6) is 0. The average Bonchev–Trinajstić information content (AvgIpc) is 2.44. The number of rotatable bonds is 3. The highest BCUT2D eigenvalue weighted by Gasteiger charge is 2.19. The Kier molecular flexibility index (Phi) is 4.82. The van der Waals surface area contributed by atoms with Gasteiger partial charge in [-0.3, -0.25) is 5.21 Å². The van der Waals surface area contributed by atoms with Crippen LogP contribution < -0.4 is 0 Å². The molecule has 122 valence electrons. The van der Waals surface area contributed by atoms with Crippen LogP contribution in [0.2, 0.25) is 0 Å². The van der Waals surface area contributed by atoms with E-state index >= 15 is 0 Å². The van der Waals surface area contributed by atoms with Crippen LogP contribution in [-0.4, -0.2) is 18.7 Å². The summed E-state index contributed by atoms with van der Waals surface area (Å²) in [5, 5.41) is 14.3. The highest BCUT2D eigenvalue weighted by Crippen LogP contribution is 2.25. The van der Waals surface area contributed by atoms with Crippen molar-refractivity contribution in [3.05, 3.63) is 64.6 Å². The van der Waals surface area contributed by atoms with Crippen LogP contribution in [0, 0.1) is 20.8 Å². The summed E-state index contributed by atoms with van der Waals surface area (Å²) >= 11 is 0. The van der Waals surface area contributed by atoms with Gasteiger partial charge in [-0.25, -0.2) is 5.06 Å². The Morgan fingerprint density at radius 1 is 1.13 bits per heavy atom. The third kappa shape index (κ3) is 3.75. The molecule has 0 atom stereocenters. The second kappa shape index (κ2) is 6.47. The second-order valence-electron chi connectivity index (χ2n) is 5.40. The fraction of sp³-hybridized carbons (Fsp3) is 0.250. The molecule has 1 aliphatic rings. The molecule has 1 aliphatic heterocycles. The minimum atomic E-state index is -3.91. The van der Waals surface area contributed by atoms with Crippen molar-refractivity contribution >= 4 is 10.0 Å². The lowest BCUT2D eigenvalue weighted by atomic mass is 10.1. The molecule has 0 saturated carbocycles. The Balaban J connectivity index is 2.41. The monoisotopic (exact) mass is 333 g/mol. The zero-order chi connectivity index (χ0) is 17.2. The van der Waals surface area contributed by atoms with E-state index in [0.29, 0.717) is 22.5 Å². The predicted molar refractivity (Wildman–Crippen MR) is 87.3 cm³/mol. The fourth-order valence-electron chi connectivity index (χ4n) is 2.50. The summed E-state index contributed by atoms with van der Waals surface area (Å²) in [7, 11) is -3.91. The predicted octanol–water partition coefficient (Wildman–Crippen LogP) is 3.76. The largest absolute Gasteiger partial charge is 0.300 e. The molecule has 7 heteroatoms. The number of allylic oxidation sites excluding steroid dienone is 4. The molecule has 0 aromatic heterocycles. The summed E-state index contributed by atoms with van der Waals surface area (Å²) < 4.78 is 28.5. The molecule has 0 radical (unpaired) electrons. The first-order chi connectivity index (χ1) is 10.7. The molecule has 23 heavy (non-hydrogen) atoms. The van der Waals surface area contributed by atoms with E-state index in [1.807, 2.05) is 6.92 Å². The van der Waals surface area contributed by atoms with Gasteiger partial charge in [0.05, 0.1) is 16.3 Å². The van der Waals surface area contributed by atoms with Gasteiger partial charge < -0.3 is 0 Å². The lowest BCUT2D eigenvalue weighted by molar-refractivity contribution is -0.00148. The number of hydrogen-bond donors (Lipinski definition) is 1. The standard InChI is InChI=1S/C16H19N3O3S/c1-11-9-12(2)16(13(3)10-11)23(21,22)18-17-14(4)15-7-5-6-8-19(15)20/h5-10,20H,1-4H3. The zero-order valence-electron chi connectivity index (χ0n) is 13.5. The number of benzene rings is 1. The van der Waals surface area contributed by atoms with Gasteiger partial charge >= 0.3 is 0 Å². The highest BCUT2D eigenvalue weighted by atomic mass is 32.2. The van der Waals surface area contributed by atoms with Gasteiger partial charge in [-0.1, -0.05) is 28.3 Å². The molecule has 1 heterocycles. The molecule has 2 rings (SSSR count). The van der Waals surface area contributed by atoms with Crippen LogP contribution in [0.3, 0.4) is 0 Å². The van der Waals surface area contributed by atoms with E-state index < -0.39 is 10.0 Å². The Bertz CT molecular complexity index is 826. The maximum atomic E-state index is 12.5. The van der Waals surface area contributed by atoms with E-state index in [0.717, 1.165) is 10.6 Å². The Morgan fingerprint density at radius 3 is 2.30 bits per heavy atom. The van der Waals surface area contributed by atoms with Gasteiger partial charge in [0.2, 0.25) is 0 Å². The normalized spacial score (nSPS) is 17.2. The number of hydroxylamine groups is 2. The van der Waals surface area contributed by atoms with Crippen molar-refractivity contribution in [2.75, 3.05) is 0 Å². The Morgan fingerprint density at radius 2 is 1.74 bits per heavy atom. The zero-order valence-corrected chi connectivity index (χ0v) is 14.3. The molecular weight excluding hydrogens is 314 g/mol. The number of hydrogen-bond acceptors (Lipinski definition) is 5. The lowest BCUT2D eigenvalue weighted by Gasteiger charge is -2.16. The van der Waals surface area contributed by atoms with Crippen LogP contribution in [-0.2, 0) is 10.0 Å². The minimum absolute atomic E-state index is 0.171. The maximum Gasteiger partial charge on any atom is 0.300 e. The Labute approximate surface area is 136 Å². The van der Waals surface area contributed by atoms with E-state index in [4.69, 9.17) is 0 Å². The first kappa shape index (κ1) is 17.1. The van der Waals surface area contributed by atoms with Crippen LogP contribution >= 0.6 is 0 Å². The van der Waals surface area contributed by atoms with E-state index in [1.54, 1.807) is 51.1 Å². The van der Waals surface area contributed by atoms with Crippen molar-refractivity contribution < 1.29 is 13.6 Å². The topological polar surface area (TPSA) is 82.3 Å². The summed E-state index contributed by atoms with van der Waals surface area (Å²) in [4.78, 5) is 0.171. The van der Waals surface area contributed by atoms with Crippen LogP contribution in [0.25, 0.3) is 0 Å². The van der Waals surface area contributed by atoms with E-state index in [-0.39, 0.29) is 4.90 Å². The van der Waals surface area contributed by atoms with Gasteiger partial charge in [0.1, 0.15) is 0 Å². The maximum absolute atomic E-state index is 12.5. The first-order valence-electron chi connectivity index (χ1n) is 7.02. The first-order valence-corrected chi connectivity index (χ1v) is 8.46. The molecule has 0 amide bonds. The molecule has 1 aromatic carbocycles. The number of sulfonamides is 1. The van der Waals surface area contributed by atoms with Crippen molar-refractivity contribution in [3.8, 4) is 0 Å². The lowest BCUT2D eigenvalue weighted by Crippen LogP contribution is -2.12. The third-order valence-electron chi connectivity index (χ3n) is 3.37. The second-order valence-corrected chi connectivity index (χ2v) is 6.92. The smallest absolute Gasteiger partial charge is 0.284 e. The fourth-order valence-corrected chi connectivity index (χ4v) is 3.74. The summed E-state index contributed by atoms with van der Waals surface area (Å²) in [6.45, 7) is 6.96. The van der Waals surface area contributed by atoms with Gasteiger partial charge in [-0.05, 0) is 51.0 Å². The molecule has 0 bridgehead atoms. The van der Waals surface area contributed by atoms with Gasteiger partial charge in [0, 0.05) is 6.20 Å². The molecule has 0 spiro atoms. The molecule has 0 unspecified atom stereocenters. The molecule has 1 aromatic rings. The van der Waals surface area contributed by atoms with Crippen LogP contribution in [0.1, 0.15) is 23.6 Å². The van der Waals surface area contributed by atoms with E-state index in [9.17, 15) is 13.6 Å². The quantitative estimate of drug-likeness (QED) is 0.854. The number of nitrogens with zero attached hydrogens (tertiary/aromatic N) is 3. The van der Waals surface area contributed by atoms with Gasteiger partial charge in [0.15, 0.2) is 0 Å². The van der Waals surface area contributed by atoms with Crippen LogP contribution in [0.4, 0.5) is 0 Å². The van der Waals surface area contributed by atoms with Crippen molar-refractivity contribution in [1.29, 1.82) is 0 Å². The summed E-state index contributed by atoms with van der Waals surface area (Å²) in [6.07, 6.45) is 6.40. The molecule has 0 saturated heterocycles. The van der Waals surface area contributed by atoms with Crippen molar-refractivity contribution in [3.63, 3.8) is 0 Å². The number of aryl methyl sites for hydroxylation is 3. The molecule has 0 fully saturated rings.